The van der Waals surface area contributed by atoms with Crippen molar-refractivity contribution in [3.05, 3.63) is 0 Å². The Morgan fingerprint density at radius 1 is 1.64 bits per heavy atom. The molecule has 82 valence electrons. The van der Waals surface area contributed by atoms with Gasteiger partial charge in [0, 0.05) is 0 Å². The number of carbonyl (C=O) groups is 1. The molecule has 0 rings (SSSR count). The highest BCUT2D eigenvalue weighted by atomic mass is 16.4. The standard InChI is InChI=1S/C7H16N2O2.CHNO/c1-9-6(7(10)11)4-2-3-5-8;2-1-3/h6,9H,2-5,8H2,1H3,(H,10,11);2H. The summed E-state index contributed by atoms with van der Waals surface area (Å²) in [6.07, 6.45) is 3.17. The second kappa shape index (κ2) is 11.8. The van der Waals surface area contributed by atoms with E-state index in [1.165, 1.54) is 0 Å². The fraction of sp³-hybridized carbons (Fsp3) is 0.750. The zero-order chi connectivity index (χ0) is 11.4. The third-order valence-corrected chi connectivity index (χ3v) is 1.59. The van der Waals surface area contributed by atoms with Gasteiger partial charge in [0.25, 0.3) is 0 Å². The summed E-state index contributed by atoms with van der Waals surface area (Å²) in [7, 11) is 1.65. The van der Waals surface area contributed by atoms with Gasteiger partial charge in [-0.3, -0.25) is 4.79 Å². The van der Waals surface area contributed by atoms with Gasteiger partial charge < -0.3 is 16.2 Å². The third-order valence-electron chi connectivity index (χ3n) is 1.59. The predicted molar refractivity (Wildman–Crippen MR) is 51.8 cm³/mol. The topological polar surface area (TPSA) is 116 Å². The number of carboxylic acid groups (broad SMARTS) is 1. The van der Waals surface area contributed by atoms with Crippen molar-refractivity contribution in [2.24, 2.45) is 5.73 Å². The van der Waals surface area contributed by atoms with E-state index in [4.69, 9.17) is 21.0 Å². The summed E-state index contributed by atoms with van der Waals surface area (Å²) in [6.45, 7) is 0.635. The van der Waals surface area contributed by atoms with E-state index in [2.05, 4.69) is 5.32 Å². The zero-order valence-corrected chi connectivity index (χ0v) is 8.25. The van der Waals surface area contributed by atoms with E-state index in [0.29, 0.717) is 13.0 Å². The van der Waals surface area contributed by atoms with Crippen molar-refractivity contribution in [3.8, 4) is 0 Å². The number of unbranched alkanes of at least 4 members (excludes halogenated alkanes) is 1. The van der Waals surface area contributed by atoms with Crippen LogP contribution in [0.4, 0.5) is 0 Å². The monoisotopic (exact) mass is 203 g/mol. The largest absolute Gasteiger partial charge is 0.480 e. The molecule has 0 amide bonds. The SMILES string of the molecule is CNC(CCCCN)C(=O)O.N=C=O. The van der Waals surface area contributed by atoms with Crippen molar-refractivity contribution in [2.45, 2.75) is 25.3 Å². The number of isocyanates is 1. The minimum atomic E-state index is -0.787. The molecule has 0 spiro atoms. The van der Waals surface area contributed by atoms with Crippen LogP contribution < -0.4 is 11.1 Å². The number of carbonyl (C=O) groups excluding carboxylic acids is 1. The molecule has 0 aromatic rings. The fourth-order valence-corrected chi connectivity index (χ4v) is 0.884. The highest BCUT2D eigenvalue weighted by Crippen LogP contribution is 1.99. The van der Waals surface area contributed by atoms with Crippen LogP contribution in [-0.2, 0) is 9.59 Å². The molecule has 0 aliphatic carbocycles. The summed E-state index contributed by atoms with van der Waals surface area (Å²) < 4.78 is 0. The van der Waals surface area contributed by atoms with E-state index >= 15 is 0 Å². The summed E-state index contributed by atoms with van der Waals surface area (Å²) in [5.41, 5.74) is 5.26. The van der Waals surface area contributed by atoms with Crippen molar-refractivity contribution in [2.75, 3.05) is 13.6 Å². The lowest BCUT2D eigenvalue weighted by Crippen LogP contribution is -2.33. The van der Waals surface area contributed by atoms with Crippen LogP contribution in [0.1, 0.15) is 19.3 Å². The van der Waals surface area contributed by atoms with E-state index in [0.717, 1.165) is 18.9 Å². The van der Waals surface area contributed by atoms with Gasteiger partial charge in [-0.25, -0.2) is 10.2 Å². The molecule has 5 N–H and O–H groups in total. The van der Waals surface area contributed by atoms with Crippen LogP contribution in [-0.4, -0.2) is 36.8 Å². The number of likely N-dealkylation sites (N-methyl/N-ethyl adjacent to an activating group) is 1. The molecule has 0 aromatic heterocycles. The highest BCUT2D eigenvalue weighted by Gasteiger charge is 2.12. The van der Waals surface area contributed by atoms with Crippen LogP contribution in [0.25, 0.3) is 0 Å². The molecule has 1 unspecified atom stereocenters. The number of hydrogen-bond donors (Lipinski definition) is 4. The molecular formula is C8H17N3O3. The molecule has 0 bridgehead atoms. The number of hydrogen-bond acceptors (Lipinski definition) is 5. The highest BCUT2D eigenvalue weighted by molar-refractivity contribution is 5.73. The smallest absolute Gasteiger partial charge is 0.320 e. The average molecular weight is 203 g/mol. The normalized spacial score (nSPS) is 10.7. The lowest BCUT2D eigenvalue weighted by Gasteiger charge is -2.09. The van der Waals surface area contributed by atoms with Gasteiger partial charge >= 0.3 is 5.97 Å². The Morgan fingerprint density at radius 2 is 2.14 bits per heavy atom. The minimum absolute atomic E-state index is 0.415. The molecule has 0 saturated carbocycles. The van der Waals surface area contributed by atoms with Crippen LogP contribution in [0.15, 0.2) is 0 Å². The molecule has 0 aromatic carbocycles. The number of nitrogens with one attached hydrogen (secondary N) is 2. The van der Waals surface area contributed by atoms with Gasteiger partial charge in [0.15, 0.2) is 0 Å². The molecule has 0 saturated heterocycles. The summed E-state index contributed by atoms with van der Waals surface area (Å²) in [4.78, 5) is 18.8. The predicted octanol–water partition coefficient (Wildman–Crippen LogP) is -0.311. The van der Waals surface area contributed by atoms with Crippen LogP contribution in [0, 0.1) is 5.41 Å². The Kier molecular flexibility index (Phi) is 12.8. The first-order chi connectivity index (χ1) is 6.63. The number of carboxylic acids is 1. The molecule has 0 aliphatic heterocycles. The quantitative estimate of drug-likeness (QED) is 0.268. The third kappa shape index (κ3) is 10.8. The molecular weight excluding hydrogens is 186 g/mol. The first-order valence-corrected chi connectivity index (χ1v) is 4.28. The molecule has 14 heavy (non-hydrogen) atoms. The zero-order valence-electron chi connectivity index (χ0n) is 8.25. The maximum Gasteiger partial charge on any atom is 0.320 e. The summed E-state index contributed by atoms with van der Waals surface area (Å²) >= 11 is 0. The van der Waals surface area contributed by atoms with Gasteiger partial charge in [0.05, 0.1) is 0 Å². The van der Waals surface area contributed by atoms with Crippen LogP contribution in [0.5, 0.6) is 0 Å². The molecule has 1 atom stereocenters. The molecule has 0 aliphatic rings. The number of aliphatic carboxylic acids is 1. The van der Waals surface area contributed by atoms with E-state index in [1.54, 1.807) is 7.05 Å². The van der Waals surface area contributed by atoms with Crippen LogP contribution in [0.3, 0.4) is 0 Å². The number of nitrogens with two attached hydrogens (primary N) is 1. The van der Waals surface area contributed by atoms with Gasteiger partial charge in [-0.05, 0) is 26.4 Å². The molecule has 0 fully saturated rings. The molecule has 0 radical (unpaired) electrons. The van der Waals surface area contributed by atoms with E-state index < -0.39 is 12.0 Å². The van der Waals surface area contributed by atoms with Crippen molar-refractivity contribution in [1.82, 2.24) is 5.32 Å². The molecule has 6 heteroatoms. The fourth-order valence-electron chi connectivity index (χ4n) is 0.884. The lowest BCUT2D eigenvalue weighted by atomic mass is 10.1. The van der Waals surface area contributed by atoms with Crippen LogP contribution in [0.2, 0.25) is 0 Å². The average Bonchev–Trinajstić information content (AvgIpc) is 2.13. The molecule has 0 heterocycles. The van der Waals surface area contributed by atoms with Crippen LogP contribution >= 0.6 is 0 Å². The van der Waals surface area contributed by atoms with E-state index in [9.17, 15) is 4.79 Å². The first kappa shape index (κ1) is 15.3. The van der Waals surface area contributed by atoms with E-state index in [-0.39, 0.29) is 0 Å². The summed E-state index contributed by atoms with van der Waals surface area (Å²) in [5.74, 6) is -0.787. The Bertz CT molecular complexity index is 179. The second-order valence-corrected chi connectivity index (χ2v) is 2.57. The summed E-state index contributed by atoms with van der Waals surface area (Å²) in [6, 6.07) is -0.415. The van der Waals surface area contributed by atoms with Crippen molar-refractivity contribution in [1.29, 1.82) is 5.41 Å². The van der Waals surface area contributed by atoms with Gasteiger partial charge in [0.2, 0.25) is 6.08 Å². The maximum atomic E-state index is 10.4. The number of rotatable bonds is 6. The van der Waals surface area contributed by atoms with Crippen molar-refractivity contribution >= 4 is 12.0 Å². The Balaban J connectivity index is 0. The van der Waals surface area contributed by atoms with Crippen molar-refractivity contribution < 1.29 is 14.7 Å². The van der Waals surface area contributed by atoms with Gasteiger partial charge in [0.1, 0.15) is 6.04 Å². The van der Waals surface area contributed by atoms with Gasteiger partial charge in [-0.15, -0.1) is 0 Å². The van der Waals surface area contributed by atoms with Gasteiger partial charge in [-0.2, -0.15) is 0 Å². The Hall–Kier alpha value is -1.23. The summed E-state index contributed by atoms with van der Waals surface area (Å²) in [5, 5.41) is 16.7. The minimum Gasteiger partial charge on any atom is -0.480 e. The van der Waals surface area contributed by atoms with Crippen molar-refractivity contribution in [3.63, 3.8) is 0 Å². The lowest BCUT2D eigenvalue weighted by molar-refractivity contribution is -0.139. The van der Waals surface area contributed by atoms with E-state index in [1.807, 2.05) is 0 Å². The molecule has 6 nitrogen and oxygen atoms in total. The second-order valence-electron chi connectivity index (χ2n) is 2.57. The Labute approximate surface area is 83.0 Å². The maximum absolute atomic E-state index is 10.4. The first-order valence-electron chi connectivity index (χ1n) is 4.28. The Morgan fingerprint density at radius 3 is 2.43 bits per heavy atom. The van der Waals surface area contributed by atoms with Gasteiger partial charge in [-0.1, -0.05) is 6.42 Å².